The summed E-state index contributed by atoms with van der Waals surface area (Å²) in [4.78, 5) is 12.4. The zero-order valence-electron chi connectivity index (χ0n) is 13.7. The van der Waals surface area contributed by atoms with Crippen LogP contribution >= 0.6 is 11.6 Å². The molecule has 0 fully saturated rings. The number of nitrogens with zero attached hydrogens (tertiary/aromatic N) is 1. The molecule has 0 aliphatic heterocycles. The van der Waals surface area contributed by atoms with E-state index in [0.29, 0.717) is 22.0 Å². The molecule has 0 saturated heterocycles. The van der Waals surface area contributed by atoms with Crippen LogP contribution < -0.4 is 9.62 Å². The minimum absolute atomic E-state index is 0.0121. The summed E-state index contributed by atoms with van der Waals surface area (Å²) in [6, 6.07) is 11.7. The summed E-state index contributed by atoms with van der Waals surface area (Å²) < 4.78 is 25.1. The maximum atomic E-state index is 12.4. The Morgan fingerprint density at radius 1 is 1.21 bits per heavy atom. The molecule has 5 nitrogen and oxygen atoms in total. The van der Waals surface area contributed by atoms with Crippen molar-refractivity contribution in [2.24, 2.45) is 0 Å². The molecule has 0 aliphatic rings. The van der Waals surface area contributed by atoms with Crippen LogP contribution in [0.4, 0.5) is 11.4 Å². The summed E-state index contributed by atoms with van der Waals surface area (Å²) in [6.45, 7) is 3.45. The third-order valence-corrected chi connectivity index (χ3v) is 5.87. The summed E-state index contributed by atoms with van der Waals surface area (Å²) in [5, 5.41) is 3.32. The molecule has 0 atom stereocenters. The Hall–Kier alpha value is -2.05. The van der Waals surface area contributed by atoms with Crippen LogP contribution in [0.1, 0.15) is 22.8 Å². The first-order valence-corrected chi connectivity index (χ1v) is 9.37. The fraction of sp³-hybridized carbons (Fsp3) is 0.235. The molecule has 128 valence electrons. The quantitative estimate of drug-likeness (QED) is 0.877. The van der Waals surface area contributed by atoms with Gasteiger partial charge in [-0.1, -0.05) is 23.7 Å². The molecule has 0 aromatic heterocycles. The molecule has 0 saturated carbocycles. The molecular weight excluding hydrogens is 348 g/mol. The lowest BCUT2D eigenvalue weighted by atomic mass is 10.1. The molecule has 7 heteroatoms. The second kappa shape index (κ2) is 7.23. The van der Waals surface area contributed by atoms with E-state index in [4.69, 9.17) is 11.6 Å². The first kappa shape index (κ1) is 18.3. The number of rotatable bonds is 5. The lowest BCUT2D eigenvalue weighted by Crippen LogP contribution is -2.28. The van der Waals surface area contributed by atoms with Gasteiger partial charge in [0.25, 0.3) is 5.91 Å². The number of hydrogen-bond acceptors (Lipinski definition) is 3. The first-order valence-electron chi connectivity index (χ1n) is 7.39. The molecule has 2 aromatic carbocycles. The highest BCUT2D eigenvalue weighted by molar-refractivity contribution is 7.92. The van der Waals surface area contributed by atoms with Gasteiger partial charge in [-0.25, -0.2) is 8.42 Å². The molecule has 0 radical (unpaired) electrons. The zero-order chi connectivity index (χ0) is 17.9. The fourth-order valence-electron chi connectivity index (χ4n) is 2.07. The molecule has 0 bridgehead atoms. The van der Waals surface area contributed by atoms with Crippen molar-refractivity contribution < 1.29 is 13.2 Å². The molecular formula is C17H19ClN2O3S. The number of amides is 1. The van der Waals surface area contributed by atoms with Crippen molar-refractivity contribution in [1.82, 2.24) is 0 Å². The van der Waals surface area contributed by atoms with E-state index < -0.39 is 10.0 Å². The topological polar surface area (TPSA) is 66.5 Å². The number of nitrogens with one attached hydrogen (secondary N) is 1. The van der Waals surface area contributed by atoms with E-state index in [2.05, 4.69) is 5.32 Å². The minimum atomic E-state index is -3.38. The van der Waals surface area contributed by atoms with Crippen LogP contribution in [0.3, 0.4) is 0 Å². The third-order valence-electron chi connectivity index (χ3n) is 3.68. The van der Waals surface area contributed by atoms with Crippen molar-refractivity contribution in [3.05, 3.63) is 58.6 Å². The Balaban J connectivity index is 2.24. The smallest absolute Gasteiger partial charge is 0.255 e. The van der Waals surface area contributed by atoms with Crippen molar-refractivity contribution in [2.75, 3.05) is 22.4 Å². The van der Waals surface area contributed by atoms with Crippen LogP contribution in [-0.2, 0) is 10.0 Å². The van der Waals surface area contributed by atoms with Crippen LogP contribution in [-0.4, -0.2) is 27.1 Å². The number of hydrogen-bond donors (Lipinski definition) is 1. The Kier molecular flexibility index (Phi) is 5.51. The second-order valence-electron chi connectivity index (χ2n) is 5.34. The number of benzene rings is 2. The Morgan fingerprint density at radius 3 is 2.54 bits per heavy atom. The fourth-order valence-corrected chi connectivity index (χ4v) is 3.07. The number of aryl methyl sites for hydroxylation is 1. The standard InChI is InChI=1S/C17H19ClN2O3S/c1-4-24(22,23)20(3)15-7-5-6-13(10-15)17(21)19-14-9-8-12(2)16(18)11-14/h5-11H,4H2,1-3H3,(H,19,21). The van der Waals surface area contributed by atoms with Gasteiger partial charge < -0.3 is 5.32 Å². The van der Waals surface area contributed by atoms with E-state index in [0.717, 1.165) is 5.56 Å². The average molecular weight is 367 g/mol. The predicted octanol–water partition coefficient (Wildman–Crippen LogP) is 3.69. The molecule has 0 unspecified atom stereocenters. The Morgan fingerprint density at radius 2 is 1.92 bits per heavy atom. The number of sulfonamides is 1. The molecule has 2 aromatic rings. The summed E-state index contributed by atoms with van der Waals surface area (Å²) in [6.07, 6.45) is 0. The van der Waals surface area contributed by atoms with Gasteiger partial charge >= 0.3 is 0 Å². The third kappa shape index (κ3) is 4.07. The van der Waals surface area contributed by atoms with Gasteiger partial charge in [-0.2, -0.15) is 0 Å². The molecule has 0 aliphatic carbocycles. The number of anilines is 2. The maximum absolute atomic E-state index is 12.4. The van der Waals surface area contributed by atoms with E-state index in [1.165, 1.54) is 11.4 Å². The number of carbonyl (C=O) groups is 1. The molecule has 0 spiro atoms. The lowest BCUT2D eigenvalue weighted by molar-refractivity contribution is 0.102. The van der Waals surface area contributed by atoms with Crippen LogP contribution in [0.25, 0.3) is 0 Å². The summed E-state index contributed by atoms with van der Waals surface area (Å²) in [5.41, 5.74) is 2.30. The second-order valence-corrected chi connectivity index (χ2v) is 8.03. The highest BCUT2D eigenvalue weighted by Crippen LogP contribution is 2.22. The van der Waals surface area contributed by atoms with Gasteiger partial charge in [0, 0.05) is 23.3 Å². The van der Waals surface area contributed by atoms with Gasteiger partial charge in [-0.15, -0.1) is 0 Å². The molecule has 1 amide bonds. The zero-order valence-corrected chi connectivity index (χ0v) is 15.3. The van der Waals surface area contributed by atoms with Gasteiger partial charge in [-0.3, -0.25) is 9.10 Å². The summed E-state index contributed by atoms with van der Waals surface area (Å²) >= 11 is 6.05. The van der Waals surface area contributed by atoms with E-state index >= 15 is 0 Å². The van der Waals surface area contributed by atoms with Crippen LogP contribution in [0.15, 0.2) is 42.5 Å². The van der Waals surface area contributed by atoms with Crippen molar-refractivity contribution in [3.63, 3.8) is 0 Å². The van der Waals surface area contributed by atoms with Crippen LogP contribution in [0, 0.1) is 6.92 Å². The Labute approximate surface area is 147 Å². The van der Waals surface area contributed by atoms with Crippen LogP contribution in [0.5, 0.6) is 0 Å². The van der Waals surface area contributed by atoms with E-state index in [1.807, 2.05) is 13.0 Å². The van der Waals surface area contributed by atoms with E-state index in [-0.39, 0.29) is 11.7 Å². The first-order chi connectivity index (χ1) is 11.2. The number of carbonyl (C=O) groups excluding carboxylic acids is 1. The molecule has 0 heterocycles. The van der Waals surface area contributed by atoms with Crippen molar-refractivity contribution >= 4 is 38.9 Å². The normalized spacial score (nSPS) is 11.2. The SMILES string of the molecule is CCS(=O)(=O)N(C)c1cccc(C(=O)Nc2ccc(C)c(Cl)c2)c1. The molecule has 1 N–H and O–H groups in total. The maximum Gasteiger partial charge on any atom is 0.255 e. The minimum Gasteiger partial charge on any atom is -0.322 e. The van der Waals surface area contributed by atoms with Gasteiger partial charge in [0.2, 0.25) is 10.0 Å². The van der Waals surface area contributed by atoms with Gasteiger partial charge in [-0.05, 0) is 49.7 Å². The van der Waals surface area contributed by atoms with Crippen molar-refractivity contribution in [2.45, 2.75) is 13.8 Å². The van der Waals surface area contributed by atoms with Crippen LogP contribution in [0.2, 0.25) is 5.02 Å². The molecule has 2 rings (SSSR count). The lowest BCUT2D eigenvalue weighted by Gasteiger charge is -2.19. The summed E-state index contributed by atoms with van der Waals surface area (Å²) in [5.74, 6) is -0.346. The highest BCUT2D eigenvalue weighted by atomic mass is 35.5. The highest BCUT2D eigenvalue weighted by Gasteiger charge is 2.17. The van der Waals surface area contributed by atoms with E-state index in [9.17, 15) is 13.2 Å². The number of halogens is 1. The van der Waals surface area contributed by atoms with Gasteiger partial charge in [0.15, 0.2) is 0 Å². The largest absolute Gasteiger partial charge is 0.322 e. The van der Waals surface area contributed by atoms with E-state index in [1.54, 1.807) is 43.3 Å². The summed E-state index contributed by atoms with van der Waals surface area (Å²) in [7, 11) is -1.91. The van der Waals surface area contributed by atoms with Gasteiger partial charge in [0.05, 0.1) is 11.4 Å². The monoisotopic (exact) mass is 366 g/mol. The van der Waals surface area contributed by atoms with Gasteiger partial charge in [0.1, 0.15) is 0 Å². The molecule has 24 heavy (non-hydrogen) atoms. The Bertz CT molecular complexity index is 866. The van der Waals surface area contributed by atoms with Crippen molar-refractivity contribution in [3.8, 4) is 0 Å². The van der Waals surface area contributed by atoms with Crippen molar-refractivity contribution in [1.29, 1.82) is 0 Å². The average Bonchev–Trinajstić information content (AvgIpc) is 2.57. The predicted molar refractivity (Wildman–Crippen MR) is 98.4 cm³/mol.